The van der Waals surface area contributed by atoms with Gasteiger partial charge < -0.3 is 10.2 Å². The highest BCUT2D eigenvalue weighted by molar-refractivity contribution is 6.22. The van der Waals surface area contributed by atoms with E-state index < -0.39 is 17.9 Å². The third-order valence-corrected chi connectivity index (χ3v) is 6.21. The van der Waals surface area contributed by atoms with Gasteiger partial charge in [-0.05, 0) is 55.2 Å². The first kappa shape index (κ1) is 21.6. The molecule has 0 aromatic heterocycles. The molecular formula is C25H26N4O3. The molecule has 2 aliphatic heterocycles. The van der Waals surface area contributed by atoms with E-state index in [1.165, 1.54) is 0 Å². The van der Waals surface area contributed by atoms with Crippen LogP contribution in [0, 0.1) is 17.2 Å². The lowest BCUT2D eigenvalue weighted by atomic mass is 9.99. The quantitative estimate of drug-likeness (QED) is 0.736. The molecule has 1 fully saturated rings. The van der Waals surface area contributed by atoms with Crippen molar-refractivity contribution in [3.05, 3.63) is 65.2 Å². The minimum absolute atomic E-state index is 0.0198. The number of hydrogen-bond acceptors (Lipinski definition) is 5. The minimum Gasteiger partial charge on any atom is -0.371 e. The first-order valence-corrected chi connectivity index (χ1v) is 10.9. The Balaban J connectivity index is 1.41. The van der Waals surface area contributed by atoms with Gasteiger partial charge in [0.1, 0.15) is 6.04 Å². The van der Waals surface area contributed by atoms with Crippen molar-refractivity contribution in [3.8, 4) is 6.07 Å². The molecule has 2 heterocycles. The summed E-state index contributed by atoms with van der Waals surface area (Å²) in [5.41, 5.74) is 2.39. The highest BCUT2D eigenvalue weighted by Crippen LogP contribution is 2.28. The highest BCUT2D eigenvalue weighted by Gasteiger charge is 2.44. The van der Waals surface area contributed by atoms with Gasteiger partial charge in [0, 0.05) is 24.8 Å². The lowest BCUT2D eigenvalue weighted by molar-refractivity contribution is -0.127. The van der Waals surface area contributed by atoms with Crippen LogP contribution in [0.25, 0.3) is 0 Å². The molecule has 0 saturated carbocycles. The second kappa shape index (κ2) is 8.83. The largest absolute Gasteiger partial charge is 0.371 e. The Hall–Kier alpha value is -3.66. The van der Waals surface area contributed by atoms with Crippen LogP contribution in [-0.4, -0.2) is 47.8 Å². The van der Waals surface area contributed by atoms with E-state index in [-0.39, 0.29) is 17.9 Å². The molecule has 7 nitrogen and oxygen atoms in total. The van der Waals surface area contributed by atoms with Crippen molar-refractivity contribution in [1.82, 2.24) is 10.2 Å². The molecule has 0 spiro atoms. The number of imide groups is 1. The van der Waals surface area contributed by atoms with Crippen LogP contribution < -0.4 is 10.2 Å². The summed E-state index contributed by atoms with van der Waals surface area (Å²) in [7, 11) is 0. The van der Waals surface area contributed by atoms with E-state index in [9.17, 15) is 14.4 Å². The second-order valence-electron chi connectivity index (χ2n) is 8.64. The Morgan fingerprint density at radius 3 is 2.06 bits per heavy atom. The predicted octanol–water partition coefficient (Wildman–Crippen LogP) is 2.96. The number of carbonyl (C=O) groups is 3. The Kier molecular flexibility index (Phi) is 5.95. The van der Waals surface area contributed by atoms with Gasteiger partial charge in [0.25, 0.3) is 11.8 Å². The van der Waals surface area contributed by atoms with Gasteiger partial charge in [-0.3, -0.25) is 19.3 Å². The Labute approximate surface area is 187 Å². The topological polar surface area (TPSA) is 93.5 Å². The fourth-order valence-corrected chi connectivity index (χ4v) is 4.49. The Bertz CT molecular complexity index is 1040. The van der Waals surface area contributed by atoms with E-state index in [4.69, 9.17) is 5.26 Å². The van der Waals surface area contributed by atoms with Gasteiger partial charge in [0.05, 0.1) is 22.8 Å². The van der Waals surface area contributed by atoms with Crippen molar-refractivity contribution in [3.63, 3.8) is 0 Å². The molecule has 0 bridgehead atoms. The number of benzene rings is 2. The third kappa shape index (κ3) is 3.96. The molecule has 4 rings (SSSR count). The molecule has 0 radical (unpaired) electrons. The summed E-state index contributed by atoms with van der Waals surface area (Å²) in [5, 5.41) is 12.0. The average molecular weight is 431 g/mol. The Morgan fingerprint density at radius 1 is 1.00 bits per heavy atom. The number of rotatable bonds is 5. The van der Waals surface area contributed by atoms with Crippen LogP contribution in [0.2, 0.25) is 0 Å². The number of nitrogens with zero attached hydrogens (tertiary/aromatic N) is 3. The van der Waals surface area contributed by atoms with Crippen LogP contribution in [0.3, 0.4) is 0 Å². The molecular weight excluding hydrogens is 404 g/mol. The molecule has 2 aliphatic rings. The number of fused-ring (bicyclic) bond motifs is 1. The standard InChI is InChI=1S/C25H26N4O3/c1-16(2)22(29-24(31)20-5-3-4-6-21(20)25(29)32)23(30)27-18-11-13-28(14-12-18)19-9-7-17(15-26)8-10-19/h3-10,16,18,22H,11-14H2,1-2H3,(H,27,30). The lowest BCUT2D eigenvalue weighted by Crippen LogP contribution is -2.55. The van der Waals surface area contributed by atoms with Crippen molar-refractivity contribution in [1.29, 1.82) is 5.26 Å². The monoisotopic (exact) mass is 430 g/mol. The van der Waals surface area contributed by atoms with E-state index in [1.807, 2.05) is 26.0 Å². The normalized spacial score (nSPS) is 17.3. The summed E-state index contributed by atoms with van der Waals surface area (Å²) in [6, 6.07) is 15.4. The maximum Gasteiger partial charge on any atom is 0.262 e. The molecule has 3 amide bonds. The third-order valence-electron chi connectivity index (χ3n) is 6.21. The first-order chi connectivity index (χ1) is 15.4. The molecule has 2 aromatic rings. The zero-order chi connectivity index (χ0) is 22.8. The predicted molar refractivity (Wildman–Crippen MR) is 120 cm³/mol. The van der Waals surface area contributed by atoms with Gasteiger partial charge in [-0.1, -0.05) is 26.0 Å². The molecule has 164 valence electrons. The summed E-state index contributed by atoms with van der Waals surface area (Å²) < 4.78 is 0. The lowest BCUT2D eigenvalue weighted by Gasteiger charge is -2.36. The summed E-state index contributed by atoms with van der Waals surface area (Å²) in [6.07, 6.45) is 1.53. The van der Waals surface area contributed by atoms with Gasteiger partial charge in [-0.2, -0.15) is 5.26 Å². The zero-order valence-corrected chi connectivity index (χ0v) is 18.2. The van der Waals surface area contributed by atoms with Crippen LogP contribution in [0.4, 0.5) is 5.69 Å². The molecule has 0 aliphatic carbocycles. The van der Waals surface area contributed by atoms with Gasteiger partial charge in [0.15, 0.2) is 0 Å². The number of anilines is 1. The minimum atomic E-state index is -0.848. The summed E-state index contributed by atoms with van der Waals surface area (Å²) >= 11 is 0. The van der Waals surface area contributed by atoms with Gasteiger partial charge >= 0.3 is 0 Å². The molecule has 7 heteroatoms. The number of amides is 3. The van der Waals surface area contributed by atoms with Crippen molar-refractivity contribution in [2.75, 3.05) is 18.0 Å². The fourth-order valence-electron chi connectivity index (χ4n) is 4.49. The van der Waals surface area contributed by atoms with E-state index in [0.717, 1.165) is 36.5 Å². The van der Waals surface area contributed by atoms with Crippen LogP contribution in [0.5, 0.6) is 0 Å². The van der Waals surface area contributed by atoms with Crippen molar-refractivity contribution >= 4 is 23.4 Å². The van der Waals surface area contributed by atoms with Gasteiger partial charge in [-0.15, -0.1) is 0 Å². The molecule has 2 aromatic carbocycles. The van der Waals surface area contributed by atoms with E-state index >= 15 is 0 Å². The van der Waals surface area contributed by atoms with E-state index in [0.29, 0.717) is 16.7 Å². The van der Waals surface area contributed by atoms with Crippen LogP contribution in [-0.2, 0) is 4.79 Å². The SMILES string of the molecule is CC(C)C(C(=O)NC1CCN(c2ccc(C#N)cc2)CC1)N1C(=O)c2ccccc2C1=O. The van der Waals surface area contributed by atoms with Crippen LogP contribution in [0.1, 0.15) is 53.0 Å². The number of carbonyl (C=O) groups excluding carboxylic acids is 3. The molecule has 1 saturated heterocycles. The number of piperidine rings is 1. The molecule has 32 heavy (non-hydrogen) atoms. The first-order valence-electron chi connectivity index (χ1n) is 10.9. The van der Waals surface area contributed by atoms with Crippen LogP contribution in [0.15, 0.2) is 48.5 Å². The van der Waals surface area contributed by atoms with Crippen molar-refractivity contribution in [2.45, 2.75) is 38.8 Å². The van der Waals surface area contributed by atoms with Crippen molar-refractivity contribution in [2.24, 2.45) is 5.92 Å². The van der Waals surface area contributed by atoms with E-state index in [2.05, 4.69) is 16.3 Å². The maximum absolute atomic E-state index is 13.2. The maximum atomic E-state index is 13.2. The fraction of sp³-hybridized carbons (Fsp3) is 0.360. The number of nitriles is 1. The van der Waals surface area contributed by atoms with E-state index in [1.54, 1.807) is 36.4 Å². The smallest absolute Gasteiger partial charge is 0.262 e. The van der Waals surface area contributed by atoms with Crippen molar-refractivity contribution < 1.29 is 14.4 Å². The van der Waals surface area contributed by atoms with Gasteiger partial charge in [0.2, 0.25) is 5.91 Å². The second-order valence-corrected chi connectivity index (χ2v) is 8.64. The Morgan fingerprint density at radius 2 is 1.56 bits per heavy atom. The summed E-state index contributed by atoms with van der Waals surface area (Å²) in [6.45, 7) is 5.25. The number of hydrogen-bond donors (Lipinski definition) is 1. The summed E-state index contributed by atoms with van der Waals surface area (Å²) in [4.78, 5) is 42.3. The highest BCUT2D eigenvalue weighted by atomic mass is 16.2. The molecule has 1 unspecified atom stereocenters. The van der Waals surface area contributed by atoms with Crippen LogP contribution >= 0.6 is 0 Å². The zero-order valence-electron chi connectivity index (χ0n) is 18.2. The van der Waals surface area contributed by atoms with Gasteiger partial charge in [-0.25, -0.2) is 0 Å². The average Bonchev–Trinajstić information content (AvgIpc) is 3.05. The molecule has 1 atom stereocenters. The molecule has 1 N–H and O–H groups in total. The summed E-state index contributed by atoms with van der Waals surface area (Å²) in [5.74, 6) is -1.31. The number of nitrogens with one attached hydrogen (secondary N) is 1.